The Bertz CT molecular complexity index is 733. The maximum atomic E-state index is 11.1. The molecule has 0 amide bonds. The molecule has 2 heterocycles. The van der Waals surface area contributed by atoms with E-state index in [-0.39, 0.29) is 0 Å². The molecule has 0 aliphatic carbocycles. The summed E-state index contributed by atoms with van der Waals surface area (Å²) in [7, 11) is 0. The van der Waals surface area contributed by atoms with Crippen molar-refractivity contribution in [2.24, 2.45) is 0 Å². The third-order valence-corrected chi connectivity index (χ3v) is 3.08. The highest BCUT2D eigenvalue weighted by molar-refractivity contribution is 6.31. The second-order valence-electron chi connectivity index (χ2n) is 3.92. The molecule has 88 valence electrons. The highest BCUT2D eigenvalue weighted by Gasteiger charge is 2.09. The number of aromatic nitrogens is 2. The third-order valence-electron chi connectivity index (χ3n) is 2.85. The van der Waals surface area contributed by atoms with Crippen molar-refractivity contribution in [1.29, 1.82) is 0 Å². The van der Waals surface area contributed by atoms with Crippen molar-refractivity contribution in [3.8, 4) is 11.3 Å². The van der Waals surface area contributed by atoms with Crippen LogP contribution in [0.4, 0.5) is 0 Å². The summed E-state index contributed by atoms with van der Waals surface area (Å²) in [6, 6.07) is 11.0. The van der Waals surface area contributed by atoms with Crippen molar-refractivity contribution >= 4 is 23.5 Å². The van der Waals surface area contributed by atoms with Gasteiger partial charge in [-0.3, -0.25) is 9.20 Å². The van der Waals surface area contributed by atoms with Gasteiger partial charge < -0.3 is 0 Å². The maximum Gasteiger partial charge on any atom is 0.150 e. The Morgan fingerprint density at radius 1 is 1.22 bits per heavy atom. The van der Waals surface area contributed by atoms with Crippen LogP contribution in [0.1, 0.15) is 10.4 Å². The smallest absolute Gasteiger partial charge is 0.150 e. The van der Waals surface area contributed by atoms with E-state index in [1.807, 2.05) is 28.8 Å². The minimum absolute atomic E-state index is 0.604. The molecule has 1 aromatic carbocycles. The first-order valence-corrected chi connectivity index (χ1v) is 5.84. The van der Waals surface area contributed by atoms with Gasteiger partial charge in [-0.1, -0.05) is 17.7 Å². The number of benzene rings is 1. The molecule has 0 bridgehead atoms. The SMILES string of the molecule is O=Cc1ccc(Cl)cc1-c1cccc2nccn12. The van der Waals surface area contributed by atoms with E-state index in [1.54, 1.807) is 24.4 Å². The first-order chi connectivity index (χ1) is 8.79. The van der Waals surface area contributed by atoms with Gasteiger partial charge in [0, 0.05) is 28.5 Å². The van der Waals surface area contributed by atoms with E-state index in [2.05, 4.69) is 4.98 Å². The minimum atomic E-state index is 0.604. The molecule has 0 atom stereocenters. The Morgan fingerprint density at radius 2 is 2.11 bits per heavy atom. The predicted octanol–water partition coefficient (Wildman–Crippen LogP) is 3.47. The van der Waals surface area contributed by atoms with Gasteiger partial charge in [-0.25, -0.2) is 4.98 Å². The van der Waals surface area contributed by atoms with Crippen LogP contribution in [0.3, 0.4) is 0 Å². The highest BCUT2D eigenvalue weighted by atomic mass is 35.5. The molecule has 0 unspecified atom stereocenters. The molecule has 0 saturated heterocycles. The first kappa shape index (κ1) is 11.0. The van der Waals surface area contributed by atoms with Gasteiger partial charge in [-0.2, -0.15) is 0 Å². The molecule has 4 heteroatoms. The summed E-state index contributed by atoms with van der Waals surface area (Å²) in [5.41, 5.74) is 3.15. The number of fused-ring (bicyclic) bond motifs is 1. The van der Waals surface area contributed by atoms with Gasteiger partial charge in [0.2, 0.25) is 0 Å². The summed E-state index contributed by atoms with van der Waals surface area (Å²) in [4.78, 5) is 15.3. The fraction of sp³-hybridized carbons (Fsp3) is 0. The van der Waals surface area contributed by atoms with Gasteiger partial charge in [0.15, 0.2) is 6.29 Å². The lowest BCUT2D eigenvalue weighted by atomic mass is 10.0. The van der Waals surface area contributed by atoms with Crippen molar-refractivity contribution in [2.75, 3.05) is 0 Å². The average molecular weight is 257 g/mol. The third kappa shape index (κ3) is 1.69. The lowest BCUT2D eigenvalue weighted by Gasteiger charge is -2.08. The summed E-state index contributed by atoms with van der Waals surface area (Å²) < 4.78 is 1.93. The number of hydrogen-bond acceptors (Lipinski definition) is 2. The molecule has 3 rings (SSSR count). The van der Waals surface area contributed by atoms with E-state index in [0.29, 0.717) is 10.6 Å². The normalized spacial score (nSPS) is 10.7. The summed E-state index contributed by atoms with van der Waals surface area (Å²) in [5.74, 6) is 0. The average Bonchev–Trinajstić information content (AvgIpc) is 2.86. The molecule has 0 N–H and O–H groups in total. The van der Waals surface area contributed by atoms with Gasteiger partial charge >= 0.3 is 0 Å². The van der Waals surface area contributed by atoms with Crippen LogP contribution < -0.4 is 0 Å². The minimum Gasteiger partial charge on any atom is -0.300 e. The van der Waals surface area contributed by atoms with E-state index in [9.17, 15) is 4.79 Å². The van der Waals surface area contributed by atoms with Gasteiger partial charge in [0.1, 0.15) is 5.65 Å². The molecule has 0 radical (unpaired) electrons. The number of nitrogens with zero attached hydrogens (tertiary/aromatic N) is 2. The summed E-state index contributed by atoms with van der Waals surface area (Å²) in [6.45, 7) is 0. The van der Waals surface area contributed by atoms with Gasteiger partial charge in [0.05, 0.1) is 5.69 Å². The Hall–Kier alpha value is -2.13. The fourth-order valence-electron chi connectivity index (χ4n) is 2.02. The Morgan fingerprint density at radius 3 is 2.94 bits per heavy atom. The molecule has 0 aliphatic rings. The standard InChI is InChI=1S/C14H9ClN2O/c15-11-5-4-10(9-18)12(8-11)13-2-1-3-14-16-6-7-17(13)14/h1-9H. The number of pyridine rings is 1. The van der Waals surface area contributed by atoms with Gasteiger partial charge in [0.25, 0.3) is 0 Å². The number of aldehydes is 1. The molecule has 0 fully saturated rings. The molecular weight excluding hydrogens is 248 g/mol. The van der Waals surface area contributed by atoms with Crippen LogP contribution in [-0.4, -0.2) is 15.7 Å². The summed E-state index contributed by atoms with van der Waals surface area (Å²) in [6.07, 6.45) is 4.42. The van der Waals surface area contributed by atoms with Crippen molar-refractivity contribution in [3.05, 3.63) is 59.4 Å². The van der Waals surface area contributed by atoms with Crippen molar-refractivity contribution < 1.29 is 4.79 Å². The van der Waals surface area contributed by atoms with E-state index in [0.717, 1.165) is 23.2 Å². The predicted molar refractivity (Wildman–Crippen MR) is 71.0 cm³/mol. The van der Waals surface area contributed by atoms with Crippen LogP contribution in [-0.2, 0) is 0 Å². The van der Waals surface area contributed by atoms with Crippen LogP contribution >= 0.6 is 11.6 Å². The number of imidazole rings is 1. The number of hydrogen-bond donors (Lipinski definition) is 0. The maximum absolute atomic E-state index is 11.1. The van der Waals surface area contributed by atoms with Gasteiger partial charge in [-0.15, -0.1) is 0 Å². The molecule has 3 nitrogen and oxygen atoms in total. The van der Waals surface area contributed by atoms with Crippen molar-refractivity contribution in [2.45, 2.75) is 0 Å². The van der Waals surface area contributed by atoms with Crippen LogP contribution in [0, 0.1) is 0 Å². The second-order valence-corrected chi connectivity index (χ2v) is 4.35. The molecule has 0 saturated carbocycles. The van der Waals surface area contributed by atoms with Crippen LogP contribution in [0.2, 0.25) is 5.02 Å². The van der Waals surface area contributed by atoms with Crippen LogP contribution in [0.5, 0.6) is 0 Å². The fourth-order valence-corrected chi connectivity index (χ4v) is 2.19. The van der Waals surface area contributed by atoms with E-state index in [1.165, 1.54) is 0 Å². The molecule has 0 aliphatic heterocycles. The Balaban J connectivity index is 2.35. The lowest BCUT2D eigenvalue weighted by molar-refractivity contribution is 0.112. The summed E-state index contributed by atoms with van der Waals surface area (Å²) >= 11 is 6.01. The van der Waals surface area contributed by atoms with Gasteiger partial charge in [-0.05, 0) is 30.3 Å². The van der Waals surface area contributed by atoms with E-state index in [4.69, 9.17) is 11.6 Å². The molecule has 2 aromatic heterocycles. The second kappa shape index (κ2) is 4.27. The number of carbonyl (C=O) groups is 1. The topological polar surface area (TPSA) is 34.4 Å². The number of rotatable bonds is 2. The number of carbonyl (C=O) groups excluding carboxylic acids is 1. The molecule has 3 aromatic rings. The number of halogens is 1. The molecule has 0 spiro atoms. The van der Waals surface area contributed by atoms with Crippen molar-refractivity contribution in [3.63, 3.8) is 0 Å². The lowest BCUT2D eigenvalue weighted by Crippen LogP contribution is -1.94. The quantitative estimate of drug-likeness (QED) is 0.658. The zero-order valence-corrected chi connectivity index (χ0v) is 10.1. The van der Waals surface area contributed by atoms with E-state index >= 15 is 0 Å². The Kier molecular flexibility index (Phi) is 2.61. The van der Waals surface area contributed by atoms with Crippen LogP contribution in [0.25, 0.3) is 16.9 Å². The highest BCUT2D eigenvalue weighted by Crippen LogP contribution is 2.26. The first-order valence-electron chi connectivity index (χ1n) is 5.47. The summed E-state index contributed by atoms with van der Waals surface area (Å²) in [5, 5.41) is 0.604. The van der Waals surface area contributed by atoms with Crippen LogP contribution in [0.15, 0.2) is 48.8 Å². The molecular formula is C14H9ClN2O. The largest absolute Gasteiger partial charge is 0.300 e. The monoisotopic (exact) mass is 256 g/mol. The van der Waals surface area contributed by atoms with E-state index < -0.39 is 0 Å². The zero-order chi connectivity index (χ0) is 12.5. The zero-order valence-electron chi connectivity index (χ0n) is 9.38. The van der Waals surface area contributed by atoms with Crippen molar-refractivity contribution in [1.82, 2.24) is 9.38 Å². The molecule has 18 heavy (non-hydrogen) atoms. The Labute approximate surface area is 109 Å².